The maximum absolute atomic E-state index is 11.8. The van der Waals surface area contributed by atoms with Crippen LogP contribution in [0.25, 0.3) is 0 Å². The zero-order valence-electron chi connectivity index (χ0n) is 55.1. The van der Waals surface area contributed by atoms with E-state index in [1.54, 1.807) is 0 Å². The summed E-state index contributed by atoms with van der Waals surface area (Å²) in [6.07, 6.45) is 34.8. The molecule has 2 aromatic rings. The molecule has 0 bridgehead atoms. The summed E-state index contributed by atoms with van der Waals surface area (Å²) in [5, 5.41) is 38.6. The van der Waals surface area contributed by atoms with Crippen LogP contribution in [-0.4, -0.2) is 118 Å². The third-order valence-electron chi connectivity index (χ3n) is 17.7. The number of aliphatic carboxylic acids is 2. The van der Waals surface area contributed by atoms with Crippen molar-refractivity contribution in [2.24, 2.45) is 9.98 Å². The Kier molecular flexibility index (Phi) is 47.8. The van der Waals surface area contributed by atoms with Crippen molar-refractivity contribution in [1.82, 2.24) is 0 Å². The van der Waals surface area contributed by atoms with Gasteiger partial charge >= 0.3 is 11.9 Å². The number of nitrogens with zero attached hydrogens (tertiary/aromatic N) is 4. The van der Waals surface area contributed by atoms with Crippen LogP contribution in [0.1, 0.15) is 283 Å². The average Bonchev–Trinajstić information content (AvgIpc) is 3.40. The number of hydrogen-bond donors (Lipinski definition) is 4. The quantitative estimate of drug-likeness (QED) is 0.0227. The minimum Gasteiger partial charge on any atom is -0.507 e. The third kappa shape index (κ3) is 29.7. The number of carboxylic acids is 2. The summed E-state index contributed by atoms with van der Waals surface area (Å²) in [6, 6.07) is 9.18. The number of aryl methyl sites for hydroxylation is 2. The number of aromatic hydroxyl groups is 2. The van der Waals surface area contributed by atoms with Crippen molar-refractivity contribution >= 4 is 24.4 Å². The zero-order chi connectivity index (χ0) is 57.3. The Morgan fingerprint density at radius 1 is 0.488 bits per heavy atom. The van der Waals surface area contributed by atoms with Crippen LogP contribution < -0.4 is 0 Å². The van der Waals surface area contributed by atoms with Crippen LogP contribution in [0.2, 0.25) is 0 Å². The summed E-state index contributed by atoms with van der Waals surface area (Å²) >= 11 is 0. The van der Waals surface area contributed by atoms with Gasteiger partial charge in [0.25, 0.3) is 0 Å². The van der Waals surface area contributed by atoms with Crippen LogP contribution in [0.15, 0.2) is 34.3 Å². The summed E-state index contributed by atoms with van der Waals surface area (Å²) in [6.45, 7) is 38.3. The largest absolute Gasteiger partial charge is 0.507 e. The molecule has 2 unspecified atom stereocenters. The smallest absolute Gasteiger partial charge is 0.314 e. The van der Waals surface area contributed by atoms with Crippen molar-refractivity contribution in [2.75, 3.05) is 52.4 Å². The van der Waals surface area contributed by atoms with Crippen molar-refractivity contribution in [3.63, 3.8) is 0 Å². The Morgan fingerprint density at radius 3 is 0.988 bits per heavy atom. The van der Waals surface area contributed by atoms with Gasteiger partial charge in [-0.05, 0) is 149 Å². The Labute approximate surface area is 518 Å². The van der Waals surface area contributed by atoms with E-state index < -0.39 is 18.4 Å². The van der Waals surface area contributed by atoms with Crippen LogP contribution >= 0.6 is 0 Å². The van der Waals surface area contributed by atoms with Gasteiger partial charge < -0.3 is 51.7 Å². The van der Waals surface area contributed by atoms with Gasteiger partial charge in [0, 0.05) is 40.3 Å². The SMILES string of the molecule is C.CCCCC(C)(CCCC)c1cc(C)c(O)c(C=NC2CCCCC2N=Cc2cc(C(C)(CCC[N+](CCCC)(CCCC)CCCC)CCC[N+](CCCC)(CCCC)CCCC)cc(C)c2O)c1.O=C(O)CC(=O)O.[CH3-].[CH3-].[CH3-].[Co]. The van der Waals surface area contributed by atoms with Gasteiger partial charge in [-0.3, -0.25) is 19.6 Å². The molecule has 0 heterocycles. The van der Waals surface area contributed by atoms with Crippen molar-refractivity contribution in [3.05, 3.63) is 79.9 Å². The number of carbonyl (C=O) groups is 2. The van der Waals surface area contributed by atoms with E-state index in [1.165, 1.54) is 201 Å². The summed E-state index contributed by atoms with van der Waals surface area (Å²) < 4.78 is 2.58. The molecule has 82 heavy (non-hydrogen) atoms. The van der Waals surface area contributed by atoms with Crippen molar-refractivity contribution in [2.45, 2.75) is 287 Å². The molecule has 3 rings (SSSR count). The molecule has 1 aliphatic carbocycles. The first-order valence-corrected chi connectivity index (χ1v) is 31.7. The summed E-state index contributed by atoms with van der Waals surface area (Å²) in [4.78, 5) is 29.4. The number of phenols is 2. The van der Waals surface area contributed by atoms with Gasteiger partial charge in [0.05, 0.1) is 64.4 Å². The molecule has 1 aliphatic rings. The molecule has 4 N–H and O–H groups in total. The van der Waals surface area contributed by atoms with Gasteiger partial charge in [0.15, 0.2) is 0 Å². The van der Waals surface area contributed by atoms with E-state index in [9.17, 15) is 19.8 Å². The van der Waals surface area contributed by atoms with Crippen LogP contribution in [0.4, 0.5) is 0 Å². The Hall–Kier alpha value is -3.25. The molecular formula is C71H131CoN4O6-. The first-order valence-electron chi connectivity index (χ1n) is 31.7. The van der Waals surface area contributed by atoms with Gasteiger partial charge in [0.2, 0.25) is 0 Å². The van der Waals surface area contributed by atoms with Gasteiger partial charge in [-0.15, -0.1) is 0 Å². The number of quaternary nitrogens is 2. The van der Waals surface area contributed by atoms with E-state index in [2.05, 4.69) is 100 Å². The van der Waals surface area contributed by atoms with Crippen LogP contribution in [0, 0.1) is 36.1 Å². The Bertz CT molecular complexity index is 1940. The van der Waals surface area contributed by atoms with E-state index in [0.29, 0.717) is 11.5 Å². The van der Waals surface area contributed by atoms with E-state index >= 15 is 0 Å². The standard InChI is InChI=1S/C64H112N4O2.C3H4O4.CH4.3CH3.Co/c1-13-21-35-63(11,36-22-14-2)57-47-53(9)61(69)55(49-57)51-65-59-33-29-30-34-60(59)66-52-56-50-58(48-54(10)62(56)70)64(12,37-31-45-67(39-23-15-3,40-24-16-4)41-25-17-5)38-32-46-68(42-26-18-6,43-27-19-7)44-28-20-8;4-2(5)1-3(6)7;;;;;/h47-52,59-60H,13-46H2,1-12H3;1H2,(H,4,5)(H,6,7);1H4;3*1H3;/q;;;3*-1;/p+2. The molecule has 1 radical (unpaired) electrons. The monoisotopic (exact) mass is 1190 g/mol. The predicted octanol–water partition coefficient (Wildman–Crippen LogP) is 19.0. The molecule has 0 amide bonds. The first kappa shape index (κ1) is 85.2. The summed E-state index contributed by atoms with van der Waals surface area (Å²) in [7, 11) is 0. The van der Waals surface area contributed by atoms with E-state index in [0.717, 1.165) is 60.8 Å². The second-order valence-electron chi connectivity index (χ2n) is 24.5. The number of aliphatic imine (C=N–C) groups is 2. The van der Waals surface area contributed by atoms with Gasteiger partial charge in [-0.2, -0.15) is 0 Å². The molecule has 11 heteroatoms. The van der Waals surface area contributed by atoms with Crippen LogP contribution in [0.3, 0.4) is 0 Å². The number of hydrogen-bond acceptors (Lipinski definition) is 6. The fourth-order valence-electron chi connectivity index (χ4n) is 12.3. The van der Waals surface area contributed by atoms with E-state index in [1.807, 2.05) is 19.4 Å². The second kappa shape index (κ2) is 46.0. The molecule has 1 saturated carbocycles. The Morgan fingerprint density at radius 2 is 0.744 bits per heavy atom. The fourth-order valence-corrected chi connectivity index (χ4v) is 12.3. The number of phenolic OH excluding ortho intramolecular Hbond substituents is 2. The number of carboxylic acid groups (broad SMARTS) is 2. The molecule has 10 nitrogen and oxygen atoms in total. The maximum Gasteiger partial charge on any atom is 0.314 e. The molecule has 0 spiro atoms. The Balaban J connectivity index is -0.00000237. The van der Waals surface area contributed by atoms with Gasteiger partial charge in [-0.25, -0.2) is 0 Å². The number of unbranched alkanes of at least 4 members (excludes halogenated alkanes) is 8. The zero-order valence-corrected chi connectivity index (χ0v) is 56.1. The summed E-state index contributed by atoms with van der Waals surface area (Å²) in [5.41, 5.74) is 6.34. The summed E-state index contributed by atoms with van der Waals surface area (Å²) in [5.74, 6) is -1.92. The maximum atomic E-state index is 11.8. The minimum absolute atomic E-state index is 0. The van der Waals surface area contributed by atoms with Gasteiger partial charge in [-0.1, -0.05) is 166 Å². The molecule has 0 aliphatic heterocycles. The molecular weight excluding hydrogens is 1060 g/mol. The van der Waals surface area contributed by atoms with Crippen LogP contribution in [-0.2, 0) is 37.2 Å². The molecule has 0 aromatic heterocycles. The minimum atomic E-state index is -1.31. The number of rotatable bonds is 40. The fraction of sp³-hybridized carbons (Fsp3) is 0.732. The van der Waals surface area contributed by atoms with Crippen LogP contribution in [0.5, 0.6) is 11.5 Å². The van der Waals surface area contributed by atoms with E-state index in [-0.39, 0.29) is 69.4 Å². The predicted molar refractivity (Wildman–Crippen MR) is 354 cm³/mol. The van der Waals surface area contributed by atoms with Gasteiger partial charge in [0.1, 0.15) is 17.9 Å². The van der Waals surface area contributed by atoms with Crippen molar-refractivity contribution < 1.29 is 55.8 Å². The normalized spacial score (nSPS) is 14.6. The number of benzene rings is 2. The average molecular weight is 1200 g/mol. The molecule has 2 aromatic carbocycles. The van der Waals surface area contributed by atoms with E-state index in [4.69, 9.17) is 20.2 Å². The molecule has 481 valence electrons. The first-order chi connectivity index (χ1) is 36.8. The molecule has 0 saturated heterocycles. The third-order valence-corrected chi connectivity index (χ3v) is 17.7. The van der Waals surface area contributed by atoms with Crippen molar-refractivity contribution in [1.29, 1.82) is 0 Å². The second-order valence-corrected chi connectivity index (χ2v) is 24.5. The van der Waals surface area contributed by atoms with Crippen molar-refractivity contribution in [3.8, 4) is 11.5 Å². The molecule has 2 atom stereocenters. The molecule has 1 fully saturated rings. The topological polar surface area (TPSA) is 140 Å².